The first-order valence-electron chi connectivity index (χ1n) is 5.69. The zero-order chi connectivity index (χ0) is 12.6. The van der Waals surface area contributed by atoms with E-state index in [9.17, 15) is 20.4 Å². The van der Waals surface area contributed by atoms with Crippen molar-refractivity contribution in [2.45, 2.75) is 31.4 Å². The van der Waals surface area contributed by atoms with Gasteiger partial charge in [0.2, 0.25) is 0 Å². The molecule has 1 aliphatic rings. The van der Waals surface area contributed by atoms with Crippen LogP contribution in [0.1, 0.15) is 30.9 Å². The number of nitrogens with two attached hydrogens (primary N) is 1. The quantitative estimate of drug-likeness (QED) is 0.540. The molecule has 0 unspecified atom stereocenters. The van der Waals surface area contributed by atoms with E-state index in [4.69, 9.17) is 5.73 Å². The van der Waals surface area contributed by atoms with Gasteiger partial charge >= 0.3 is 0 Å². The van der Waals surface area contributed by atoms with Gasteiger partial charge in [0.1, 0.15) is 17.2 Å². The van der Waals surface area contributed by atoms with E-state index in [1.165, 1.54) is 0 Å². The lowest BCUT2D eigenvalue weighted by Crippen LogP contribution is -2.36. The fraction of sp³-hybridized carbons (Fsp3) is 0.500. The minimum atomic E-state index is -0.846. The van der Waals surface area contributed by atoms with Crippen LogP contribution in [-0.2, 0) is 0 Å². The lowest BCUT2D eigenvalue weighted by atomic mass is 9.77. The Kier molecular flexibility index (Phi) is 3.13. The number of rotatable bonds is 3. The van der Waals surface area contributed by atoms with Gasteiger partial charge in [-0.25, -0.2) is 0 Å². The number of phenols is 3. The van der Waals surface area contributed by atoms with Crippen molar-refractivity contribution >= 4 is 0 Å². The smallest absolute Gasteiger partial charge is 0.127 e. The van der Waals surface area contributed by atoms with E-state index in [1.54, 1.807) is 0 Å². The van der Waals surface area contributed by atoms with Gasteiger partial charge in [-0.1, -0.05) is 6.42 Å². The van der Waals surface area contributed by atoms with Crippen LogP contribution in [-0.4, -0.2) is 26.5 Å². The molecule has 5 nitrogen and oxygen atoms in total. The summed E-state index contributed by atoms with van der Waals surface area (Å²) in [5.41, 5.74) is 5.93. The largest absolute Gasteiger partial charge is 0.508 e. The second kappa shape index (κ2) is 4.43. The molecule has 0 amide bonds. The molecule has 1 fully saturated rings. The molecule has 1 aliphatic carbocycles. The third kappa shape index (κ3) is 2.16. The second-order valence-electron chi connectivity index (χ2n) is 4.61. The molecular formula is C12H17NO4. The van der Waals surface area contributed by atoms with Crippen molar-refractivity contribution in [1.29, 1.82) is 0 Å². The lowest BCUT2D eigenvalue weighted by molar-refractivity contribution is 0.0401. The van der Waals surface area contributed by atoms with Crippen LogP contribution in [0.3, 0.4) is 0 Å². The van der Waals surface area contributed by atoms with E-state index in [1.807, 2.05) is 0 Å². The van der Waals surface area contributed by atoms with Crippen molar-refractivity contribution in [2.24, 2.45) is 11.7 Å². The molecule has 1 saturated carbocycles. The Morgan fingerprint density at radius 3 is 2.06 bits per heavy atom. The van der Waals surface area contributed by atoms with E-state index >= 15 is 0 Å². The number of aliphatic hydroxyl groups is 1. The highest BCUT2D eigenvalue weighted by Crippen LogP contribution is 2.41. The normalized spacial score (nSPS) is 19.6. The number of aliphatic hydroxyl groups excluding tert-OH is 1. The van der Waals surface area contributed by atoms with Crippen molar-refractivity contribution in [1.82, 2.24) is 0 Å². The highest BCUT2D eigenvalue weighted by atomic mass is 16.3. The van der Waals surface area contributed by atoms with Gasteiger partial charge in [-0.15, -0.1) is 0 Å². The Hall–Kier alpha value is -1.46. The van der Waals surface area contributed by atoms with E-state index in [0.29, 0.717) is 0 Å². The molecule has 2 rings (SSSR count). The number of hydrogen-bond acceptors (Lipinski definition) is 5. The molecule has 0 aromatic heterocycles. The van der Waals surface area contributed by atoms with Gasteiger partial charge in [0.05, 0.1) is 17.7 Å². The van der Waals surface area contributed by atoms with Crippen LogP contribution in [0, 0.1) is 5.92 Å². The fourth-order valence-electron chi connectivity index (χ4n) is 2.20. The molecule has 5 heteroatoms. The van der Waals surface area contributed by atoms with E-state index in [2.05, 4.69) is 0 Å². The predicted octanol–water partition coefficient (Wildman–Crippen LogP) is 0.964. The molecule has 94 valence electrons. The van der Waals surface area contributed by atoms with Gasteiger partial charge in [-0.2, -0.15) is 0 Å². The van der Waals surface area contributed by atoms with Crippen molar-refractivity contribution in [3.05, 3.63) is 17.7 Å². The molecule has 0 bridgehead atoms. The van der Waals surface area contributed by atoms with Gasteiger partial charge in [-0.05, 0) is 18.8 Å². The van der Waals surface area contributed by atoms with Gasteiger partial charge in [-0.3, -0.25) is 0 Å². The minimum absolute atomic E-state index is 0.0854. The van der Waals surface area contributed by atoms with E-state index in [0.717, 1.165) is 31.4 Å². The van der Waals surface area contributed by atoms with Gasteiger partial charge in [0.25, 0.3) is 0 Å². The van der Waals surface area contributed by atoms with Crippen LogP contribution in [0.25, 0.3) is 0 Å². The molecule has 1 aromatic rings. The van der Waals surface area contributed by atoms with Crippen molar-refractivity contribution in [2.75, 3.05) is 0 Å². The van der Waals surface area contributed by atoms with Crippen molar-refractivity contribution < 1.29 is 20.4 Å². The Labute approximate surface area is 99.1 Å². The molecule has 0 spiro atoms. The average molecular weight is 239 g/mol. The molecule has 0 aliphatic heterocycles. The van der Waals surface area contributed by atoms with E-state index in [-0.39, 0.29) is 28.7 Å². The van der Waals surface area contributed by atoms with Crippen LogP contribution in [0.4, 0.5) is 0 Å². The number of benzene rings is 1. The third-order valence-electron chi connectivity index (χ3n) is 3.46. The van der Waals surface area contributed by atoms with Gasteiger partial charge < -0.3 is 26.2 Å². The first kappa shape index (κ1) is 12.0. The molecule has 0 heterocycles. The zero-order valence-corrected chi connectivity index (χ0v) is 9.37. The van der Waals surface area contributed by atoms with Crippen molar-refractivity contribution in [3.8, 4) is 17.2 Å². The Balaban J connectivity index is 2.26. The molecular weight excluding hydrogens is 222 g/mol. The summed E-state index contributed by atoms with van der Waals surface area (Å²) < 4.78 is 0. The van der Waals surface area contributed by atoms with Crippen LogP contribution in [0.15, 0.2) is 12.1 Å². The second-order valence-corrected chi connectivity index (χ2v) is 4.61. The predicted molar refractivity (Wildman–Crippen MR) is 61.7 cm³/mol. The van der Waals surface area contributed by atoms with Crippen LogP contribution < -0.4 is 5.73 Å². The summed E-state index contributed by atoms with van der Waals surface area (Å²) in [6.07, 6.45) is 2.11. The van der Waals surface area contributed by atoms with Crippen LogP contribution in [0.2, 0.25) is 0 Å². The lowest BCUT2D eigenvalue weighted by Gasteiger charge is -2.34. The maximum atomic E-state index is 10.00. The Morgan fingerprint density at radius 1 is 1.12 bits per heavy atom. The monoisotopic (exact) mass is 239 g/mol. The maximum absolute atomic E-state index is 10.00. The van der Waals surface area contributed by atoms with E-state index < -0.39 is 12.1 Å². The zero-order valence-electron chi connectivity index (χ0n) is 9.37. The summed E-state index contributed by atoms with van der Waals surface area (Å²) in [5, 5.41) is 38.5. The number of phenolic OH excluding ortho intramolecular Hbond substituents is 3. The van der Waals surface area contributed by atoms with Gasteiger partial charge in [0.15, 0.2) is 0 Å². The van der Waals surface area contributed by atoms with Crippen molar-refractivity contribution in [3.63, 3.8) is 0 Å². The summed E-state index contributed by atoms with van der Waals surface area (Å²) >= 11 is 0. The molecule has 0 saturated heterocycles. The summed E-state index contributed by atoms with van der Waals surface area (Å²) in [5.74, 6) is -0.714. The molecule has 0 radical (unpaired) electrons. The summed E-state index contributed by atoms with van der Waals surface area (Å²) in [4.78, 5) is 0. The van der Waals surface area contributed by atoms with Gasteiger partial charge in [0, 0.05) is 12.1 Å². The average Bonchev–Trinajstić information content (AvgIpc) is 2.12. The maximum Gasteiger partial charge on any atom is 0.127 e. The highest BCUT2D eigenvalue weighted by Gasteiger charge is 2.33. The summed E-state index contributed by atoms with van der Waals surface area (Å²) in [6, 6.07) is 1.35. The minimum Gasteiger partial charge on any atom is -0.508 e. The SMILES string of the molecule is N[C@H](c1c(O)cc(O)cc1O)[C@@H](O)C1CCC1. The first-order chi connectivity index (χ1) is 8.00. The molecule has 2 atom stereocenters. The third-order valence-corrected chi connectivity index (χ3v) is 3.46. The molecule has 6 N–H and O–H groups in total. The highest BCUT2D eigenvalue weighted by molar-refractivity contribution is 5.50. The topological polar surface area (TPSA) is 107 Å². The summed E-state index contributed by atoms with van der Waals surface area (Å²) in [6.45, 7) is 0. The first-order valence-corrected chi connectivity index (χ1v) is 5.69. The Morgan fingerprint density at radius 2 is 1.65 bits per heavy atom. The molecule has 17 heavy (non-hydrogen) atoms. The Bertz CT molecular complexity index is 394. The fourth-order valence-corrected chi connectivity index (χ4v) is 2.20. The van der Waals surface area contributed by atoms with Crippen LogP contribution >= 0.6 is 0 Å². The molecule has 1 aromatic carbocycles. The number of aromatic hydroxyl groups is 3. The summed E-state index contributed by atoms with van der Waals surface area (Å²) in [7, 11) is 0. The number of hydrogen-bond donors (Lipinski definition) is 5. The van der Waals surface area contributed by atoms with Crippen LogP contribution in [0.5, 0.6) is 17.2 Å². The standard InChI is InChI=1S/C12H17NO4/c13-11(12(17)6-2-1-3-6)10-8(15)4-7(14)5-9(10)16/h4-6,11-12,14-17H,1-3,13H2/t11-,12+/m1/s1.